The van der Waals surface area contributed by atoms with Crippen molar-refractivity contribution < 1.29 is 22.4 Å². The van der Waals surface area contributed by atoms with Crippen LogP contribution in [-0.4, -0.2) is 47.3 Å². The molecule has 1 N–H and O–H groups in total. The second kappa shape index (κ2) is 7.81. The zero-order valence-corrected chi connectivity index (χ0v) is 17.4. The van der Waals surface area contributed by atoms with Gasteiger partial charge in [-0.25, -0.2) is 9.37 Å². The number of amides is 1. The number of benzene rings is 1. The summed E-state index contributed by atoms with van der Waals surface area (Å²) >= 11 is 3.38. The molecule has 0 radical (unpaired) electrons. The first-order chi connectivity index (χ1) is 14.1. The molecule has 10 heteroatoms. The van der Waals surface area contributed by atoms with Crippen LogP contribution in [0.25, 0.3) is 0 Å². The number of fused-ring (bicyclic) bond motifs is 2. The number of anilines is 3. The summed E-state index contributed by atoms with van der Waals surface area (Å²) in [5, 5.41) is 3.18. The van der Waals surface area contributed by atoms with Gasteiger partial charge in [0, 0.05) is 42.2 Å². The van der Waals surface area contributed by atoms with Crippen molar-refractivity contribution in [2.45, 2.75) is 31.2 Å². The number of hydrogen-bond acceptors (Lipinski definition) is 4. The number of alkyl halides is 4. The van der Waals surface area contributed by atoms with Crippen molar-refractivity contribution in [1.29, 1.82) is 0 Å². The Balaban J connectivity index is 1.62. The molecule has 0 atom stereocenters. The average Bonchev–Trinajstić information content (AvgIpc) is 2.85. The van der Waals surface area contributed by atoms with E-state index in [0.29, 0.717) is 21.7 Å². The highest BCUT2D eigenvalue weighted by atomic mass is 79.9. The molecule has 1 aromatic heterocycles. The predicted octanol–water partition coefficient (Wildman–Crippen LogP) is 4.80. The number of nitrogens with one attached hydrogen (secondary N) is 1. The minimum absolute atomic E-state index is 0.108. The number of aromatic nitrogens is 1. The van der Waals surface area contributed by atoms with Crippen LogP contribution < -0.4 is 10.2 Å². The van der Waals surface area contributed by atoms with Gasteiger partial charge >= 0.3 is 6.18 Å². The van der Waals surface area contributed by atoms with E-state index in [1.165, 1.54) is 4.90 Å². The molecule has 2 aromatic rings. The van der Waals surface area contributed by atoms with Gasteiger partial charge < -0.3 is 10.2 Å². The summed E-state index contributed by atoms with van der Waals surface area (Å²) in [6.07, 6.45) is -3.29. The average molecular weight is 487 g/mol. The van der Waals surface area contributed by atoms with E-state index in [1.54, 1.807) is 36.5 Å². The third-order valence-corrected chi connectivity index (χ3v) is 5.90. The molecule has 2 aliphatic rings. The van der Waals surface area contributed by atoms with E-state index in [2.05, 4.69) is 26.2 Å². The summed E-state index contributed by atoms with van der Waals surface area (Å²) in [7, 11) is 0. The predicted molar refractivity (Wildman–Crippen MR) is 108 cm³/mol. The molecule has 3 heterocycles. The summed E-state index contributed by atoms with van der Waals surface area (Å²) in [5.41, 5.74) is -0.422. The second-order valence-corrected chi connectivity index (χ2v) is 8.46. The molecule has 0 spiro atoms. The van der Waals surface area contributed by atoms with Gasteiger partial charge in [0.05, 0.1) is 24.5 Å². The van der Waals surface area contributed by atoms with Crippen molar-refractivity contribution in [3.63, 3.8) is 0 Å². The molecule has 160 valence electrons. The van der Waals surface area contributed by atoms with Crippen molar-refractivity contribution in [1.82, 2.24) is 9.88 Å². The van der Waals surface area contributed by atoms with Gasteiger partial charge in [0.2, 0.25) is 0 Å². The van der Waals surface area contributed by atoms with Gasteiger partial charge in [-0.15, -0.1) is 0 Å². The van der Waals surface area contributed by atoms with Crippen LogP contribution in [0.1, 0.15) is 18.4 Å². The van der Waals surface area contributed by atoms with E-state index in [9.17, 15) is 18.0 Å². The number of piperidine rings is 1. The Morgan fingerprint density at radius 3 is 2.67 bits per heavy atom. The van der Waals surface area contributed by atoms with Crippen LogP contribution in [-0.2, 0) is 11.3 Å². The molecule has 0 saturated carbocycles. The number of pyridine rings is 1. The van der Waals surface area contributed by atoms with Crippen molar-refractivity contribution >= 4 is 39.0 Å². The van der Waals surface area contributed by atoms with Crippen LogP contribution in [0, 0.1) is 0 Å². The van der Waals surface area contributed by atoms with Crippen LogP contribution in [0.5, 0.6) is 0 Å². The van der Waals surface area contributed by atoms with Crippen LogP contribution in [0.3, 0.4) is 0 Å². The molecule has 30 heavy (non-hydrogen) atoms. The monoisotopic (exact) mass is 486 g/mol. The molecule has 1 fully saturated rings. The molecule has 1 saturated heterocycles. The molecular weight excluding hydrogens is 468 g/mol. The van der Waals surface area contributed by atoms with Crippen LogP contribution in [0.15, 0.2) is 41.0 Å². The maximum atomic E-state index is 15.7. The smallest absolute Gasteiger partial charge is 0.338 e. The highest BCUT2D eigenvalue weighted by molar-refractivity contribution is 9.10. The zero-order chi connectivity index (χ0) is 21.5. The Bertz CT molecular complexity index is 960. The number of carbonyl (C=O) groups excluding carboxylic acids is 1. The van der Waals surface area contributed by atoms with E-state index in [0.717, 1.165) is 10.5 Å². The Morgan fingerprint density at radius 2 is 1.97 bits per heavy atom. The molecular formula is C20H19BrF4N4O. The highest BCUT2D eigenvalue weighted by Crippen LogP contribution is 2.40. The van der Waals surface area contributed by atoms with Crippen molar-refractivity contribution in [3.8, 4) is 0 Å². The molecule has 5 nitrogen and oxygen atoms in total. The molecule has 1 aromatic carbocycles. The van der Waals surface area contributed by atoms with Gasteiger partial charge in [0.1, 0.15) is 5.82 Å². The van der Waals surface area contributed by atoms with E-state index < -0.39 is 24.3 Å². The zero-order valence-electron chi connectivity index (χ0n) is 15.8. The number of halogens is 5. The third-order valence-electron chi connectivity index (χ3n) is 5.40. The lowest BCUT2D eigenvalue weighted by Gasteiger charge is -2.38. The summed E-state index contributed by atoms with van der Waals surface area (Å²) in [4.78, 5) is 20.1. The largest absolute Gasteiger partial charge is 0.401 e. The third kappa shape index (κ3) is 4.29. The minimum Gasteiger partial charge on any atom is -0.338 e. The summed E-state index contributed by atoms with van der Waals surface area (Å²) in [6, 6.07) is 8.81. The molecule has 0 bridgehead atoms. The number of hydrogen-bond donors (Lipinski definition) is 1. The van der Waals surface area contributed by atoms with E-state index in [4.69, 9.17) is 0 Å². The molecule has 0 aliphatic carbocycles. The quantitative estimate of drug-likeness (QED) is 0.619. The Labute approximate surface area is 179 Å². The van der Waals surface area contributed by atoms with Crippen LogP contribution in [0.2, 0.25) is 0 Å². The first-order valence-electron chi connectivity index (χ1n) is 9.45. The summed E-state index contributed by atoms with van der Waals surface area (Å²) < 4.78 is 54.4. The summed E-state index contributed by atoms with van der Waals surface area (Å²) in [6.45, 7) is -1.25. The maximum Gasteiger partial charge on any atom is 0.401 e. The lowest BCUT2D eigenvalue weighted by atomic mass is 9.91. The molecule has 2 aliphatic heterocycles. The SMILES string of the molecule is O=C(N1Cc2cccnc2Nc2ccc(Br)cc21)C1(F)CCN(CC(F)(F)F)CC1. The topological polar surface area (TPSA) is 48.5 Å². The minimum atomic E-state index is -4.35. The standard InChI is InChI=1S/C20H19BrF4N4O/c21-14-3-4-15-16(10-14)29(11-13-2-1-7-26-17(13)27-15)18(30)19(22)5-8-28(9-6-19)12-20(23,24)25/h1-4,7,10H,5-6,8-9,11-12H2,(H,26,27). The first kappa shape index (κ1) is 21.0. The molecule has 4 rings (SSSR count). The van der Waals surface area contributed by atoms with Gasteiger partial charge in [-0.2, -0.15) is 13.2 Å². The number of nitrogens with zero attached hydrogens (tertiary/aromatic N) is 3. The fourth-order valence-electron chi connectivity index (χ4n) is 3.85. The van der Waals surface area contributed by atoms with E-state index in [-0.39, 0.29) is 32.5 Å². The van der Waals surface area contributed by atoms with Crippen LogP contribution >= 0.6 is 15.9 Å². The van der Waals surface area contributed by atoms with Gasteiger partial charge in [-0.3, -0.25) is 9.69 Å². The van der Waals surface area contributed by atoms with Crippen molar-refractivity contribution in [2.24, 2.45) is 0 Å². The number of carbonyl (C=O) groups is 1. The number of rotatable bonds is 2. The summed E-state index contributed by atoms with van der Waals surface area (Å²) in [5.74, 6) is -0.170. The fraction of sp³-hybridized carbons (Fsp3) is 0.400. The second-order valence-electron chi connectivity index (χ2n) is 7.55. The van der Waals surface area contributed by atoms with Gasteiger partial charge in [0.25, 0.3) is 5.91 Å². The Morgan fingerprint density at radius 1 is 1.23 bits per heavy atom. The lowest BCUT2D eigenvalue weighted by Crippen LogP contribution is -2.53. The fourth-order valence-corrected chi connectivity index (χ4v) is 4.20. The van der Waals surface area contributed by atoms with Gasteiger partial charge in [-0.1, -0.05) is 22.0 Å². The Hall–Kier alpha value is -2.20. The van der Waals surface area contributed by atoms with Gasteiger partial charge in [0.15, 0.2) is 5.67 Å². The first-order valence-corrected chi connectivity index (χ1v) is 10.2. The van der Waals surface area contributed by atoms with E-state index >= 15 is 4.39 Å². The highest BCUT2D eigenvalue weighted by Gasteiger charge is 2.46. The maximum absolute atomic E-state index is 15.7. The Kier molecular flexibility index (Phi) is 5.48. The van der Waals surface area contributed by atoms with Crippen LogP contribution in [0.4, 0.5) is 34.8 Å². The lowest BCUT2D eigenvalue weighted by molar-refractivity contribution is -0.153. The molecule has 1 amide bonds. The van der Waals surface area contributed by atoms with E-state index in [1.807, 2.05) is 0 Å². The van der Waals surface area contributed by atoms with Crippen molar-refractivity contribution in [3.05, 3.63) is 46.6 Å². The molecule has 0 unspecified atom stereocenters. The van der Waals surface area contributed by atoms with Crippen molar-refractivity contribution in [2.75, 3.05) is 29.9 Å². The van der Waals surface area contributed by atoms with Gasteiger partial charge in [-0.05, 0) is 24.3 Å². The normalized spacial score (nSPS) is 18.8. The number of likely N-dealkylation sites (tertiary alicyclic amines) is 1.